The highest BCUT2D eigenvalue weighted by Gasteiger charge is 2.53. The predicted octanol–water partition coefficient (Wildman–Crippen LogP) is 8.31. The van der Waals surface area contributed by atoms with Crippen molar-refractivity contribution in [2.24, 2.45) is 17.8 Å². The number of unbranched alkanes of at least 4 members (excludes halogenated alkanes) is 2. The molecule has 238 valence electrons. The Morgan fingerprint density at radius 1 is 1.00 bits per heavy atom. The van der Waals surface area contributed by atoms with Gasteiger partial charge in [0.15, 0.2) is 12.6 Å². The number of benzene rings is 1. The number of hydrogen-bond acceptors (Lipinski definition) is 6. The second-order valence-electron chi connectivity index (χ2n) is 13.4. The Hall–Kier alpha value is -1.99. The van der Waals surface area contributed by atoms with Crippen LogP contribution in [-0.4, -0.2) is 50.1 Å². The van der Waals surface area contributed by atoms with Crippen LogP contribution in [0.1, 0.15) is 111 Å². The molecule has 0 amide bonds. The second-order valence-corrected chi connectivity index (χ2v) is 13.4. The maximum atomic E-state index is 13.5. The molecule has 3 unspecified atom stereocenters. The fourth-order valence-corrected chi connectivity index (χ4v) is 7.86. The van der Waals surface area contributed by atoms with Gasteiger partial charge in [-0.05, 0) is 101 Å². The van der Waals surface area contributed by atoms with E-state index in [9.17, 15) is 4.79 Å². The van der Waals surface area contributed by atoms with Crippen LogP contribution in [0.2, 0.25) is 0 Å². The summed E-state index contributed by atoms with van der Waals surface area (Å²) < 4.78 is 31.5. The highest BCUT2D eigenvalue weighted by atomic mass is 16.7. The standard InChI is InChI=1S/C37H54O6/c1-6-7-8-13-28(41-33-14-9-11-18-39-33)16-17-29-30-22-27(5)36(31(30)23-32(29)42-34-15-10-12-19-40-34)43-37(38)35-25(3)20-24(2)21-26(35)4/h16-17,20-21,28-34,36H,5-15,18-19,22-23H2,1-4H3/b17-16+/t28-,29-,30+,31-,32+,33?,34?,36?/m0/s1. The van der Waals surface area contributed by atoms with Crippen LogP contribution in [0.15, 0.2) is 36.4 Å². The summed E-state index contributed by atoms with van der Waals surface area (Å²) in [5, 5.41) is 0. The lowest BCUT2D eigenvalue weighted by molar-refractivity contribution is -0.193. The minimum Gasteiger partial charge on any atom is -0.454 e. The first kappa shape index (κ1) is 32.4. The van der Waals surface area contributed by atoms with E-state index in [1.807, 2.05) is 13.8 Å². The monoisotopic (exact) mass is 594 g/mol. The first-order valence-electron chi connectivity index (χ1n) is 17.0. The summed E-state index contributed by atoms with van der Waals surface area (Å²) in [5.41, 5.74) is 4.77. The largest absolute Gasteiger partial charge is 0.454 e. The third-order valence-electron chi connectivity index (χ3n) is 9.95. The maximum absolute atomic E-state index is 13.5. The molecule has 2 saturated carbocycles. The van der Waals surface area contributed by atoms with Crippen LogP contribution < -0.4 is 0 Å². The second kappa shape index (κ2) is 15.3. The summed E-state index contributed by atoms with van der Waals surface area (Å²) in [5.74, 6) is 0.415. The van der Waals surface area contributed by atoms with Gasteiger partial charge in [0.25, 0.3) is 0 Å². The van der Waals surface area contributed by atoms with Crippen LogP contribution in [0.5, 0.6) is 0 Å². The number of rotatable bonds is 12. The van der Waals surface area contributed by atoms with E-state index in [0.29, 0.717) is 11.5 Å². The van der Waals surface area contributed by atoms with Gasteiger partial charge in [-0.25, -0.2) is 4.79 Å². The van der Waals surface area contributed by atoms with E-state index in [0.717, 1.165) is 99.7 Å². The lowest BCUT2D eigenvalue weighted by Gasteiger charge is -2.30. The van der Waals surface area contributed by atoms with Gasteiger partial charge >= 0.3 is 5.97 Å². The molecule has 0 N–H and O–H groups in total. The number of carbonyl (C=O) groups excluding carboxylic acids is 1. The molecule has 1 aromatic carbocycles. The van der Waals surface area contributed by atoms with Crippen molar-refractivity contribution in [3.63, 3.8) is 0 Å². The van der Waals surface area contributed by atoms with Crippen molar-refractivity contribution in [3.8, 4) is 0 Å². The zero-order valence-electron chi connectivity index (χ0n) is 27.0. The van der Waals surface area contributed by atoms with Gasteiger partial charge in [-0.3, -0.25) is 0 Å². The molecule has 1 aromatic rings. The van der Waals surface area contributed by atoms with Gasteiger partial charge in [-0.15, -0.1) is 0 Å². The molecule has 5 rings (SSSR count). The van der Waals surface area contributed by atoms with Crippen molar-refractivity contribution >= 4 is 5.97 Å². The molecular weight excluding hydrogens is 540 g/mol. The highest BCUT2D eigenvalue weighted by Crippen LogP contribution is 2.53. The molecule has 6 nitrogen and oxygen atoms in total. The summed E-state index contributed by atoms with van der Waals surface area (Å²) in [6, 6.07) is 4.11. The summed E-state index contributed by atoms with van der Waals surface area (Å²) in [7, 11) is 0. The molecule has 0 bridgehead atoms. The first-order valence-corrected chi connectivity index (χ1v) is 17.0. The Labute approximate surface area is 259 Å². The number of hydrogen-bond donors (Lipinski definition) is 0. The van der Waals surface area contributed by atoms with Gasteiger partial charge in [0, 0.05) is 25.0 Å². The number of carbonyl (C=O) groups is 1. The SMILES string of the molecule is C=C1C[C@@H]2[C@H](/C=C/[C@H](CCCCC)OC3CCCCO3)[C@H](OC3CCCCO3)C[C@@H]2C1OC(=O)c1c(C)cc(C)cc1C. The topological polar surface area (TPSA) is 63.2 Å². The molecule has 2 heterocycles. The van der Waals surface area contributed by atoms with Gasteiger partial charge in [-0.2, -0.15) is 0 Å². The van der Waals surface area contributed by atoms with E-state index < -0.39 is 0 Å². The number of fused-ring (bicyclic) bond motifs is 1. The molecular formula is C37H54O6. The van der Waals surface area contributed by atoms with E-state index in [1.165, 1.54) is 12.8 Å². The van der Waals surface area contributed by atoms with Crippen LogP contribution in [-0.2, 0) is 23.7 Å². The molecule has 4 aliphatic rings. The number of aryl methyl sites for hydroxylation is 3. The molecule has 2 aliphatic carbocycles. The van der Waals surface area contributed by atoms with Gasteiger partial charge < -0.3 is 23.7 Å². The van der Waals surface area contributed by atoms with Crippen molar-refractivity contribution in [2.75, 3.05) is 13.2 Å². The summed E-state index contributed by atoms with van der Waals surface area (Å²) >= 11 is 0. The van der Waals surface area contributed by atoms with E-state index in [-0.39, 0.29) is 48.7 Å². The summed E-state index contributed by atoms with van der Waals surface area (Å²) in [6.07, 6.45) is 16.6. The van der Waals surface area contributed by atoms with E-state index in [2.05, 4.69) is 44.7 Å². The minimum absolute atomic E-state index is 0.00808. The predicted molar refractivity (Wildman–Crippen MR) is 169 cm³/mol. The lowest BCUT2D eigenvalue weighted by atomic mass is 9.90. The Morgan fingerprint density at radius 2 is 1.70 bits per heavy atom. The molecule has 8 atom stereocenters. The van der Waals surface area contributed by atoms with Crippen LogP contribution in [0.4, 0.5) is 0 Å². The van der Waals surface area contributed by atoms with Crippen LogP contribution >= 0.6 is 0 Å². The van der Waals surface area contributed by atoms with E-state index >= 15 is 0 Å². The van der Waals surface area contributed by atoms with E-state index in [4.69, 9.17) is 23.7 Å². The Morgan fingerprint density at radius 3 is 2.35 bits per heavy atom. The van der Waals surface area contributed by atoms with Crippen LogP contribution in [0.3, 0.4) is 0 Å². The van der Waals surface area contributed by atoms with Gasteiger partial charge in [0.1, 0.15) is 6.10 Å². The zero-order chi connectivity index (χ0) is 30.3. The van der Waals surface area contributed by atoms with Crippen molar-refractivity contribution in [1.29, 1.82) is 0 Å². The number of esters is 1. The van der Waals surface area contributed by atoms with Crippen molar-refractivity contribution in [2.45, 2.75) is 136 Å². The molecule has 2 aliphatic heterocycles. The summed E-state index contributed by atoms with van der Waals surface area (Å²) in [4.78, 5) is 13.5. The normalized spacial score (nSPS) is 31.8. The van der Waals surface area contributed by atoms with Gasteiger partial charge in [-0.1, -0.05) is 62.6 Å². The average molecular weight is 595 g/mol. The Bertz CT molecular complexity index is 1090. The fraction of sp³-hybridized carbons (Fsp3) is 0.703. The Kier molecular flexibility index (Phi) is 11.6. The van der Waals surface area contributed by atoms with Crippen molar-refractivity contribution in [1.82, 2.24) is 0 Å². The molecule has 0 radical (unpaired) electrons. The smallest absolute Gasteiger partial charge is 0.339 e. The third-order valence-corrected chi connectivity index (χ3v) is 9.95. The number of ether oxygens (including phenoxy) is 5. The van der Waals surface area contributed by atoms with Crippen molar-refractivity contribution in [3.05, 3.63) is 58.7 Å². The molecule has 6 heteroatoms. The molecule has 0 spiro atoms. The molecule has 0 aromatic heterocycles. The molecule has 2 saturated heterocycles. The van der Waals surface area contributed by atoms with Gasteiger partial charge in [0.2, 0.25) is 0 Å². The van der Waals surface area contributed by atoms with Crippen molar-refractivity contribution < 1.29 is 28.5 Å². The zero-order valence-corrected chi connectivity index (χ0v) is 27.0. The molecule has 4 fully saturated rings. The van der Waals surface area contributed by atoms with E-state index in [1.54, 1.807) is 0 Å². The quantitative estimate of drug-likeness (QED) is 0.138. The summed E-state index contributed by atoms with van der Waals surface area (Å²) in [6.45, 7) is 14.2. The van der Waals surface area contributed by atoms with Crippen LogP contribution in [0.25, 0.3) is 0 Å². The lowest BCUT2D eigenvalue weighted by Crippen LogP contribution is -2.31. The maximum Gasteiger partial charge on any atom is 0.339 e. The Balaban J connectivity index is 1.34. The average Bonchev–Trinajstić information content (AvgIpc) is 3.46. The minimum atomic E-state index is -0.304. The third kappa shape index (κ3) is 8.19. The first-order chi connectivity index (χ1) is 20.8. The molecule has 43 heavy (non-hydrogen) atoms. The highest BCUT2D eigenvalue weighted by molar-refractivity contribution is 5.93. The fourth-order valence-electron chi connectivity index (χ4n) is 7.86. The van der Waals surface area contributed by atoms with Crippen LogP contribution in [0, 0.1) is 38.5 Å². The van der Waals surface area contributed by atoms with Gasteiger partial charge in [0.05, 0.1) is 17.8 Å².